The Labute approximate surface area is 115 Å². The molecule has 0 aromatic carbocycles. The summed E-state index contributed by atoms with van der Waals surface area (Å²) in [5.41, 5.74) is 0. The summed E-state index contributed by atoms with van der Waals surface area (Å²) >= 11 is 0. The molecular weight excluding hydrogens is 244 g/mol. The topological polar surface area (TPSA) is 69.6 Å². The van der Waals surface area contributed by atoms with Crippen LogP contribution in [0.2, 0.25) is 0 Å². The number of hydrogen-bond donors (Lipinski definition) is 2. The Morgan fingerprint density at radius 1 is 1.26 bits per heavy atom. The van der Waals surface area contributed by atoms with Gasteiger partial charge in [-0.15, -0.1) is 0 Å². The fraction of sp³-hybridized carbons (Fsp3) is 0.857. The van der Waals surface area contributed by atoms with Crippen molar-refractivity contribution in [2.75, 3.05) is 19.6 Å². The maximum absolute atomic E-state index is 12.0. The monoisotopic (exact) mass is 270 g/mol. The minimum absolute atomic E-state index is 0.228. The molecule has 0 unspecified atom stereocenters. The first-order valence-corrected chi connectivity index (χ1v) is 7.23. The van der Waals surface area contributed by atoms with Gasteiger partial charge in [-0.1, -0.05) is 33.1 Å². The molecule has 19 heavy (non-hydrogen) atoms. The minimum Gasteiger partial charge on any atom is -0.480 e. The maximum Gasteiger partial charge on any atom is 0.323 e. The Hall–Kier alpha value is -1.26. The normalized spacial score (nSPS) is 16.4. The second-order valence-corrected chi connectivity index (χ2v) is 5.86. The van der Waals surface area contributed by atoms with Crippen LogP contribution in [-0.2, 0) is 4.79 Å². The van der Waals surface area contributed by atoms with Crippen LogP contribution in [0.5, 0.6) is 0 Å². The van der Waals surface area contributed by atoms with Gasteiger partial charge in [-0.05, 0) is 24.7 Å². The third-order valence-corrected chi connectivity index (χ3v) is 3.47. The SMILES string of the molecule is CC(C)CN(CC(=O)O)C(=O)NCC1CCCCC1. The Morgan fingerprint density at radius 3 is 2.42 bits per heavy atom. The number of nitrogens with zero attached hydrogens (tertiary/aromatic N) is 1. The molecule has 0 atom stereocenters. The molecule has 0 aromatic heterocycles. The summed E-state index contributed by atoms with van der Waals surface area (Å²) in [7, 11) is 0. The van der Waals surface area contributed by atoms with E-state index in [0.717, 1.165) is 0 Å². The minimum atomic E-state index is -0.964. The molecule has 0 spiro atoms. The molecule has 1 aliphatic carbocycles. The summed E-state index contributed by atoms with van der Waals surface area (Å²) in [6.45, 7) is 4.87. The number of amides is 2. The van der Waals surface area contributed by atoms with Crippen LogP contribution in [0.4, 0.5) is 4.79 Å². The predicted molar refractivity (Wildman–Crippen MR) is 74.0 cm³/mol. The van der Waals surface area contributed by atoms with E-state index >= 15 is 0 Å². The van der Waals surface area contributed by atoms with Gasteiger partial charge in [-0.25, -0.2) is 4.79 Å². The van der Waals surface area contributed by atoms with Crippen molar-refractivity contribution in [1.82, 2.24) is 10.2 Å². The third kappa shape index (κ3) is 6.45. The highest BCUT2D eigenvalue weighted by Crippen LogP contribution is 2.22. The van der Waals surface area contributed by atoms with Crippen molar-refractivity contribution in [3.63, 3.8) is 0 Å². The van der Waals surface area contributed by atoms with Gasteiger partial charge < -0.3 is 15.3 Å². The van der Waals surface area contributed by atoms with E-state index in [9.17, 15) is 9.59 Å². The van der Waals surface area contributed by atoms with Gasteiger partial charge in [0.2, 0.25) is 0 Å². The molecule has 0 saturated heterocycles. The summed E-state index contributed by atoms with van der Waals surface area (Å²) in [4.78, 5) is 24.2. The molecule has 1 aliphatic rings. The molecular formula is C14H26N2O3. The molecule has 0 heterocycles. The summed E-state index contributed by atoms with van der Waals surface area (Å²) < 4.78 is 0. The van der Waals surface area contributed by atoms with E-state index in [4.69, 9.17) is 5.11 Å². The van der Waals surface area contributed by atoms with Crippen LogP contribution in [0.1, 0.15) is 46.0 Å². The van der Waals surface area contributed by atoms with Gasteiger partial charge in [-0.3, -0.25) is 4.79 Å². The molecule has 0 radical (unpaired) electrons. The zero-order valence-corrected chi connectivity index (χ0v) is 12.0. The van der Waals surface area contributed by atoms with Crippen LogP contribution >= 0.6 is 0 Å². The molecule has 5 nitrogen and oxygen atoms in total. The van der Waals surface area contributed by atoms with Gasteiger partial charge in [0.15, 0.2) is 0 Å². The largest absolute Gasteiger partial charge is 0.480 e. The third-order valence-electron chi connectivity index (χ3n) is 3.47. The number of carbonyl (C=O) groups excluding carboxylic acids is 1. The summed E-state index contributed by atoms with van der Waals surface area (Å²) in [5.74, 6) is -0.142. The van der Waals surface area contributed by atoms with E-state index in [0.29, 0.717) is 19.0 Å². The zero-order valence-electron chi connectivity index (χ0n) is 12.0. The average Bonchev–Trinajstić information content (AvgIpc) is 2.35. The Morgan fingerprint density at radius 2 is 1.89 bits per heavy atom. The fourth-order valence-electron chi connectivity index (χ4n) is 2.56. The van der Waals surface area contributed by atoms with Crippen LogP contribution < -0.4 is 5.32 Å². The lowest BCUT2D eigenvalue weighted by Gasteiger charge is -2.26. The van der Waals surface area contributed by atoms with Crippen molar-refractivity contribution in [2.24, 2.45) is 11.8 Å². The molecule has 110 valence electrons. The van der Waals surface area contributed by atoms with E-state index < -0.39 is 5.97 Å². The van der Waals surface area contributed by atoms with Crippen LogP contribution in [0.15, 0.2) is 0 Å². The number of aliphatic carboxylic acids is 1. The van der Waals surface area contributed by atoms with E-state index in [1.807, 2.05) is 13.8 Å². The molecule has 2 N–H and O–H groups in total. The van der Waals surface area contributed by atoms with Crippen molar-refractivity contribution >= 4 is 12.0 Å². The van der Waals surface area contributed by atoms with Gasteiger partial charge in [0, 0.05) is 13.1 Å². The van der Waals surface area contributed by atoms with Gasteiger partial charge in [-0.2, -0.15) is 0 Å². The molecule has 2 amide bonds. The average molecular weight is 270 g/mol. The quantitative estimate of drug-likeness (QED) is 0.778. The molecule has 1 fully saturated rings. The van der Waals surface area contributed by atoms with Crippen LogP contribution in [0, 0.1) is 11.8 Å². The molecule has 0 aromatic rings. The van der Waals surface area contributed by atoms with Gasteiger partial charge >= 0.3 is 12.0 Å². The van der Waals surface area contributed by atoms with E-state index in [1.165, 1.54) is 37.0 Å². The van der Waals surface area contributed by atoms with Crippen LogP contribution in [0.3, 0.4) is 0 Å². The van der Waals surface area contributed by atoms with Gasteiger partial charge in [0.05, 0.1) is 0 Å². The smallest absolute Gasteiger partial charge is 0.323 e. The number of hydrogen-bond acceptors (Lipinski definition) is 2. The molecule has 5 heteroatoms. The highest BCUT2D eigenvalue weighted by Gasteiger charge is 2.19. The van der Waals surface area contributed by atoms with Crippen molar-refractivity contribution in [2.45, 2.75) is 46.0 Å². The first-order chi connectivity index (χ1) is 8.99. The van der Waals surface area contributed by atoms with Crippen LogP contribution in [-0.4, -0.2) is 41.6 Å². The second-order valence-electron chi connectivity index (χ2n) is 5.86. The highest BCUT2D eigenvalue weighted by molar-refractivity contribution is 5.80. The summed E-state index contributed by atoms with van der Waals surface area (Å²) in [6, 6.07) is -0.248. The van der Waals surface area contributed by atoms with Crippen molar-refractivity contribution < 1.29 is 14.7 Å². The van der Waals surface area contributed by atoms with E-state index in [2.05, 4.69) is 5.32 Å². The van der Waals surface area contributed by atoms with Crippen molar-refractivity contribution in [3.05, 3.63) is 0 Å². The van der Waals surface area contributed by atoms with Crippen LogP contribution in [0.25, 0.3) is 0 Å². The molecule has 1 saturated carbocycles. The van der Waals surface area contributed by atoms with E-state index in [-0.39, 0.29) is 18.5 Å². The number of urea groups is 1. The summed E-state index contributed by atoms with van der Waals surface area (Å²) in [5, 5.41) is 11.7. The van der Waals surface area contributed by atoms with E-state index in [1.54, 1.807) is 0 Å². The lowest BCUT2D eigenvalue weighted by atomic mass is 9.89. The number of carboxylic acids is 1. The maximum atomic E-state index is 12.0. The molecule has 0 aliphatic heterocycles. The zero-order chi connectivity index (χ0) is 14.3. The summed E-state index contributed by atoms with van der Waals surface area (Å²) in [6.07, 6.45) is 6.12. The standard InChI is InChI=1S/C14H26N2O3/c1-11(2)9-16(10-13(17)18)14(19)15-8-12-6-4-3-5-7-12/h11-12H,3-10H2,1-2H3,(H,15,19)(H,17,18). The Kier molecular flexibility index (Phi) is 6.67. The Bertz CT molecular complexity index is 299. The lowest BCUT2D eigenvalue weighted by Crippen LogP contribution is -2.45. The number of carbonyl (C=O) groups is 2. The Balaban J connectivity index is 2.39. The molecule has 0 bridgehead atoms. The first kappa shape index (κ1) is 15.8. The highest BCUT2D eigenvalue weighted by atomic mass is 16.4. The lowest BCUT2D eigenvalue weighted by molar-refractivity contribution is -0.137. The number of rotatable bonds is 6. The number of nitrogens with one attached hydrogen (secondary N) is 1. The first-order valence-electron chi connectivity index (χ1n) is 7.23. The second kappa shape index (κ2) is 8.02. The van der Waals surface area contributed by atoms with Crippen molar-refractivity contribution in [1.29, 1.82) is 0 Å². The fourth-order valence-corrected chi connectivity index (χ4v) is 2.56. The van der Waals surface area contributed by atoms with Gasteiger partial charge in [0.1, 0.15) is 6.54 Å². The molecule has 1 rings (SSSR count). The van der Waals surface area contributed by atoms with Gasteiger partial charge in [0.25, 0.3) is 0 Å². The predicted octanol–water partition coefficient (Wildman–Crippen LogP) is 2.32. The number of carboxylic acid groups (broad SMARTS) is 1. The van der Waals surface area contributed by atoms with Crippen molar-refractivity contribution in [3.8, 4) is 0 Å².